The molecule has 0 bridgehead atoms. The van der Waals surface area contributed by atoms with E-state index in [9.17, 15) is 5.11 Å². The Labute approximate surface area is 144 Å². The molecule has 0 spiro atoms. The molecule has 0 heterocycles. The monoisotopic (exact) mass is 380 g/mol. The number of likely N-dealkylation sites (N-methyl/N-ethyl adjacent to an activating group) is 1. The van der Waals surface area contributed by atoms with Crippen LogP contribution in [0.2, 0.25) is 5.02 Å². The quantitative estimate of drug-likeness (QED) is 0.772. The van der Waals surface area contributed by atoms with E-state index in [1.54, 1.807) is 18.3 Å². The van der Waals surface area contributed by atoms with Gasteiger partial charge in [0.25, 0.3) is 0 Å². The number of aliphatic imine (C=N–C) groups is 1. The number of benzene rings is 2. The number of halogens is 2. The van der Waals surface area contributed by atoms with Gasteiger partial charge in [0.05, 0.1) is 12.6 Å². The van der Waals surface area contributed by atoms with Crippen molar-refractivity contribution in [2.45, 2.75) is 6.04 Å². The second-order valence-corrected chi connectivity index (χ2v) is 6.52. The molecule has 1 N–H and O–H groups in total. The summed E-state index contributed by atoms with van der Waals surface area (Å²) < 4.78 is 0.905. The van der Waals surface area contributed by atoms with Crippen molar-refractivity contribution >= 4 is 33.7 Å². The predicted molar refractivity (Wildman–Crippen MR) is 96.1 cm³/mol. The highest BCUT2D eigenvalue weighted by atomic mass is 79.9. The summed E-state index contributed by atoms with van der Waals surface area (Å²) in [6, 6.07) is 13.1. The number of nitrogens with zero attached hydrogens (tertiary/aromatic N) is 2. The third-order valence-electron chi connectivity index (χ3n) is 3.39. The number of hydrogen-bond acceptors (Lipinski definition) is 3. The first kappa shape index (κ1) is 17.0. The molecule has 0 saturated carbocycles. The molecule has 2 aromatic rings. The van der Waals surface area contributed by atoms with E-state index < -0.39 is 0 Å². The van der Waals surface area contributed by atoms with Crippen molar-refractivity contribution in [2.75, 3.05) is 20.6 Å². The van der Waals surface area contributed by atoms with E-state index in [0.29, 0.717) is 12.1 Å². The fraction of sp³-hybridized carbons (Fsp3) is 0.235. The Morgan fingerprint density at radius 1 is 1.27 bits per heavy atom. The summed E-state index contributed by atoms with van der Waals surface area (Å²) in [6.07, 6.45) is 1.69. The number of phenolic OH excluding ortho intramolecular Hbond substituents is 1. The van der Waals surface area contributed by atoms with Gasteiger partial charge in [-0.1, -0.05) is 45.7 Å². The molecule has 0 aromatic heterocycles. The maximum atomic E-state index is 9.83. The van der Waals surface area contributed by atoms with Crippen LogP contribution in [0.25, 0.3) is 0 Å². The van der Waals surface area contributed by atoms with Gasteiger partial charge in [0, 0.05) is 21.3 Å². The molecule has 0 unspecified atom stereocenters. The van der Waals surface area contributed by atoms with Crippen LogP contribution in [0.1, 0.15) is 17.2 Å². The standard InChI is InChI=1S/C17H18BrClN2O/c1-21(2)16(14-5-3-4-6-15(14)19)11-20-10-12-9-13(18)7-8-17(12)22/h3-10,16,22H,11H2,1-2H3/t16-/m1/s1. The van der Waals surface area contributed by atoms with Crippen LogP contribution >= 0.6 is 27.5 Å². The number of aromatic hydroxyl groups is 1. The molecule has 0 aliphatic rings. The molecule has 0 amide bonds. The first-order valence-corrected chi connectivity index (χ1v) is 8.05. The lowest BCUT2D eigenvalue weighted by atomic mass is 10.1. The van der Waals surface area contributed by atoms with Gasteiger partial charge in [-0.3, -0.25) is 4.99 Å². The second kappa shape index (κ2) is 7.77. The van der Waals surface area contributed by atoms with Gasteiger partial charge in [-0.25, -0.2) is 0 Å². The average molecular weight is 382 g/mol. The summed E-state index contributed by atoms with van der Waals surface area (Å²) >= 11 is 9.67. The third kappa shape index (κ3) is 4.32. The van der Waals surface area contributed by atoms with Gasteiger partial charge < -0.3 is 10.0 Å². The molecule has 0 fully saturated rings. The van der Waals surface area contributed by atoms with Crippen LogP contribution in [0.4, 0.5) is 0 Å². The largest absolute Gasteiger partial charge is 0.507 e. The van der Waals surface area contributed by atoms with Crippen LogP contribution in [0.5, 0.6) is 5.75 Å². The van der Waals surface area contributed by atoms with E-state index in [1.807, 2.05) is 44.4 Å². The highest BCUT2D eigenvalue weighted by Gasteiger charge is 2.15. The SMILES string of the molecule is CN(C)[C@H](CN=Cc1cc(Br)ccc1O)c1ccccc1Cl. The molecule has 0 aliphatic carbocycles. The maximum absolute atomic E-state index is 9.83. The summed E-state index contributed by atoms with van der Waals surface area (Å²) in [7, 11) is 4.00. The summed E-state index contributed by atoms with van der Waals surface area (Å²) in [5, 5.41) is 10.6. The van der Waals surface area contributed by atoms with Crippen molar-refractivity contribution in [3.63, 3.8) is 0 Å². The van der Waals surface area contributed by atoms with Crippen molar-refractivity contribution in [3.8, 4) is 5.75 Å². The predicted octanol–water partition coefficient (Wildman–Crippen LogP) is 4.53. The minimum atomic E-state index is 0.0826. The Kier molecular flexibility index (Phi) is 6.00. The van der Waals surface area contributed by atoms with Crippen LogP contribution in [-0.4, -0.2) is 36.9 Å². The molecule has 2 aromatic carbocycles. The third-order valence-corrected chi connectivity index (χ3v) is 4.22. The normalized spacial score (nSPS) is 13.0. The average Bonchev–Trinajstić information content (AvgIpc) is 2.48. The topological polar surface area (TPSA) is 35.8 Å². The second-order valence-electron chi connectivity index (χ2n) is 5.20. The minimum absolute atomic E-state index is 0.0826. The molecule has 5 heteroatoms. The van der Waals surface area contributed by atoms with Crippen LogP contribution in [-0.2, 0) is 0 Å². The Morgan fingerprint density at radius 2 is 2.00 bits per heavy atom. The maximum Gasteiger partial charge on any atom is 0.124 e. The minimum Gasteiger partial charge on any atom is -0.507 e. The molecular weight excluding hydrogens is 364 g/mol. The molecule has 0 saturated heterocycles. The van der Waals surface area contributed by atoms with Gasteiger partial charge in [-0.15, -0.1) is 0 Å². The molecule has 3 nitrogen and oxygen atoms in total. The zero-order valence-corrected chi connectivity index (χ0v) is 14.8. The van der Waals surface area contributed by atoms with Gasteiger partial charge in [0.15, 0.2) is 0 Å². The van der Waals surface area contributed by atoms with E-state index >= 15 is 0 Å². The Bertz CT molecular complexity index is 673. The lowest BCUT2D eigenvalue weighted by Crippen LogP contribution is -2.23. The Morgan fingerprint density at radius 3 is 2.68 bits per heavy atom. The highest BCUT2D eigenvalue weighted by molar-refractivity contribution is 9.10. The van der Waals surface area contributed by atoms with Crippen molar-refractivity contribution in [1.82, 2.24) is 4.90 Å². The van der Waals surface area contributed by atoms with Crippen LogP contribution in [0.15, 0.2) is 51.9 Å². The molecule has 2 rings (SSSR count). The summed E-state index contributed by atoms with van der Waals surface area (Å²) in [5.41, 5.74) is 1.73. The summed E-state index contributed by atoms with van der Waals surface area (Å²) in [5.74, 6) is 0.214. The molecule has 22 heavy (non-hydrogen) atoms. The van der Waals surface area contributed by atoms with E-state index in [1.165, 1.54) is 0 Å². The lowest BCUT2D eigenvalue weighted by Gasteiger charge is -2.24. The number of hydrogen-bond donors (Lipinski definition) is 1. The zero-order chi connectivity index (χ0) is 16.1. The van der Waals surface area contributed by atoms with E-state index in [2.05, 4.69) is 25.8 Å². The number of phenols is 1. The van der Waals surface area contributed by atoms with Crippen LogP contribution in [0.3, 0.4) is 0 Å². The van der Waals surface area contributed by atoms with Gasteiger partial charge in [-0.2, -0.15) is 0 Å². The van der Waals surface area contributed by atoms with Gasteiger partial charge in [0.1, 0.15) is 5.75 Å². The smallest absolute Gasteiger partial charge is 0.124 e. The van der Waals surface area contributed by atoms with Crippen LogP contribution < -0.4 is 0 Å². The fourth-order valence-electron chi connectivity index (χ4n) is 2.16. The highest BCUT2D eigenvalue weighted by Crippen LogP contribution is 2.26. The first-order chi connectivity index (χ1) is 10.5. The molecule has 116 valence electrons. The van der Waals surface area contributed by atoms with Crippen LogP contribution in [0, 0.1) is 0 Å². The molecule has 0 radical (unpaired) electrons. The molecule has 1 atom stereocenters. The summed E-state index contributed by atoms with van der Waals surface area (Å²) in [6.45, 7) is 0.558. The van der Waals surface area contributed by atoms with E-state index in [4.69, 9.17) is 11.6 Å². The van der Waals surface area contributed by atoms with Crippen molar-refractivity contribution in [2.24, 2.45) is 4.99 Å². The summed E-state index contributed by atoms with van der Waals surface area (Å²) in [4.78, 5) is 6.56. The van der Waals surface area contributed by atoms with Crippen molar-refractivity contribution in [1.29, 1.82) is 0 Å². The Hall–Kier alpha value is -1.36. The number of rotatable bonds is 5. The van der Waals surface area contributed by atoms with Crippen molar-refractivity contribution < 1.29 is 5.11 Å². The van der Waals surface area contributed by atoms with Gasteiger partial charge in [-0.05, 0) is 43.9 Å². The van der Waals surface area contributed by atoms with E-state index in [0.717, 1.165) is 15.1 Å². The molecule has 0 aliphatic heterocycles. The molecular formula is C17H18BrClN2O. The zero-order valence-electron chi connectivity index (χ0n) is 12.5. The lowest BCUT2D eigenvalue weighted by molar-refractivity contribution is 0.307. The van der Waals surface area contributed by atoms with Gasteiger partial charge in [0.2, 0.25) is 0 Å². The van der Waals surface area contributed by atoms with Crippen molar-refractivity contribution in [3.05, 3.63) is 63.1 Å². The van der Waals surface area contributed by atoms with Gasteiger partial charge >= 0.3 is 0 Å². The fourth-order valence-corrected chi connectivity index (χ4v) is 2.81. The first-order valence-electron chi connectivity index (χ1n) is 6.88. The Balaban J connectivity index is 2.18. The van der Waals surface area contributed by atoms with E-state index in [-0.39, 0.29) is 11.8 Å².